The first-order chi connectivity index (χ1) is 11.5. The van der Waals surface area contributed by atoms with E-state index in [1.165, 1.54) is 19.3 Å². The summed E-state index contributed by atoms with van der Waals surface area (Å²) >= 11 is 12.0. The molecule has 0 unspecified atom stereocenters. The molecule has 1 aromatic carbocycles. The fourth-order valence-electron chi connectivity index (χ4n) is 3.09. The fourth-order valence-corrected chi connectivity index (χ4v) is 3.41. The maximum absolute atomic E-state index is 12.4. The Bertz CT molecular complexity index is 548. The number of nitrogens with one attached hydrogen (secondary N) is 1. The van der Waals surface area contributed by atoms with Gasteiger partial charge < -0.3 is 10.2 Å². The third kappa shape index (κ3) is 7.32. The van der Waals surface area contributed by atoms with Crippen molar-refractivity contribution < 1.29 is 4.79 Å². The van der Waals surface area contributed by atoms with E-state index in [9.17, 15) is 4.79 Å². The lowest BCUT2D eigenvalue weighted by Gasteiger charge is -2.32. The Hall–Kier alpha value is -0.520. The molecule has 7 heteroatoms. The maximum atomic E-state index is 12.4. The number of amides is 1. The number of likely N-dealkylation sites (tertiary alicyclic amines) is 1. The summed E-state index contributed by atoms with van der Waals surface area (Å²) < 4.78 is 0. The molecule has 142 valence electrons. The third-order valence-electron chi connectivity index (χ3n) is 4.70. The molecule has 1 heterocycles. The molecule has 1 amide bonds. The van der Waals surface area contributed by atoms with Crippen LogP contribution in [0.15, 0.2) is 18.2 Å². The molecule has 4 nitrogen and oxygen atoms in total. The molecule has 2 rings (SSSR count). The van der Waals surface area contributed by atoms with Crippen LogP contribution in [0.5, 0.6) is 0 Å². The van der Waals surface area contributed by atoms with Crippen LogP contribution in [0.2, 0.25) is 10.0 Å². The van der Waals surface area contributed by atoms with E-state index in [4.69, 9.17) is 23.2 Å². The second-order valence-corrected chi connectivity index (χ2v) is 7.42. The summed E-state index contributed by atoms with van der Waals surface area (Å²) in [7, 11) is 3.84. The van der Waals surface area contributed by atoms with Crippen LogP contribution in [0, 0.1) is 5.92 Å². The molecule has 25 heavy (non-hydrogen) atoms. The predicted molar refractivity (Wildman–Crippen MR) is 108 cm³/mol. The summed E-state index contributed by atoms with van der Waals surface area (Å²) in [6, 6.07) is 5.50. The number of benzene rings is 1. The standard InChI is InChI=1S/C18H27Cl2N3O.ClH/c1-21-8-5-14-6-9-23(10-7-14)13-18(24)22(2)12-15-3-4-16(19)17(20)11-15;/h3-4,11,14,21H,5-10,12-13H2,1-2H3;1H. The van der Waals surface area contributed by atoms with Gasteiger partial charge in [-0.15, -0.1) is 12.4 Å². The summed E-state index contributed by atoms with van der Waals surface area (Å²) in [6.07, 6.45) is 3.60. The van der Waals surface area contributed by atoms with E-state index < -0.39 is 0 Å². The monoisotopic (exact) mass is 407 g/mol. The second kappa shape index (κ2) is 11.2. The van der Waals surface area contributed by atoms with Crippen LogP contribution >= 0.6 is 35.6 Å². The molecule has 1 N–H and O–H groups in total. The highest BCUT2D eigenvalue weighted by molar-refractivity contribution is 6.42. The number of nitrogens with zero attached hydrogens (tertiary/aromatic N) is 2. The van der Waals surface area contributed by atoms with E-state index in [0.717, 1.165) is 31.1 Å². The van der Waals surface area contributed by atoms with Crippen molar-refractivity contribution in [2.24, 2.45) is 5.92 Å². The van der Waals surface area contributed by atoms with Crippen molar-refractivity contribution in [3.63, 3.8) is 0 Å². The zero-order chi connectivity index (χ0) is 17.5. The van der Waals surface area contributed by atoms with Crippen LogP contribution in [0.4, 0.5) is 0 Å². The zero-order valence-electron chi connectivity index (χ0n) is 14.9. The van der Waals surface area contributed by atoms with E-state index in [1.807, 2.05) is 26.2 Å². The Labute approximate surface area is 167 Å². The highest BCUT2D eigenvalue weighted by Gasteiger charge is 2.21. The molecule has 0 atom stereocenters. The van der Waals surface area contributed by atoms with Gasteiger partial charge >= 0.3 is 0 Å². The van der Waals surface area contributed by atoms with Crippen LogP contribution < -0.4 is 5.32 Å². The van der Waals surface area contributed by atoms with Crippen LogP contribution in [0.25, 0.3) is 0 Å². The number of carbonyl (C=O) groups is 1. The Balaban J connectivity index is 0.00000312. The molecule has 1 saturated heterocycles. The number of piperidine rings is 1. The molecule has 0 bridgehead atoms. The van der Waals surface area contributed by atoms with Gasteiger partial charge in [0.25, 0.3) is 0 Å². The van der Waals surface area contributed by atoms with Crippen molar-refractivity contribution in [2.45, 2.75) is 25.8 Å². The molecule has 1 aliphatic rings. The van der Waals surface area contributed by atoms with Crippen molar-refractivity contribution in [2.75, 3.05) is 40.3 Å². The molecule has 0 saturated carbocycles. The molecule has 1 aromatic rings. The van der Waals surface area contributed by atoms with Crippen molar-refractivity contribution in [1.82, 2.24) is 15.1 Å². The second-order valence-electron chi connectivity index (χ2n) is 6.61. The molecule has 0 spiro atoms. The van der Waals surface area contributed by atoms with Crippen LogP contribution in [0.3, 0.4) is 0 Å². The lowest BCUT2D eigenvalue weighted by Crippen LogP contribution is -2.42. The first-order valence-electron chi connectivity index (χ1n) is 8.54. The minimum Gasteiger partial charge on any atom is -0.340 e. The topological polar surface area (TPSA) is 35.6 Å². The number of likely N-dealkylation sites (N-methyl/N-ethyl adjacent to an activating group) is 1. The van der Waals surface area contributed by atoms with E-state index in [-0.39, 0.29) is 18.3 Å². The van der Waals surface area contributed by atoms with Crippen molar-refractivity contribution in [3.8, 4) is 0 Å². The lowest BCUT2D eigenvalue weighted by molar-refractivity contribution is -0.132. The molecular formula is C18H28Cl3N3O. The highest BCUT2D eigenvalue weighted by Crippen LogP contribution is 2.23. The van der Waals surface area contributed by atoms with Gasteiger partial charge in [-0.1, -0.05) is 29.3 Å². The largest absolute Gasteiger partial charge is 0.340 e. The molecule has 0 aliphatic carbocycles. The molecule has 1 aliphatic heterocycles. The third-order valence-corrected chi connectivity index (χ3v) is 5.44. The number of carbonyl (C=O) groups excluding carboxylic acids is 1. The van der Waals surface area contributed by atoms with Crippen molar-refractivity contribution >= 4 is 41.5 Å². The molecular weight excluding hydrogens is 381 g/mol. The van der Waals surface area contributed by atoms with Crippen molar-refractivity contribution in [1.29, 1.82) is 0 Å². The van der Waals surface area contributed by atoms with Gasteiger partial charge in [-0.3, -0.25) is 9.69 Å². The van der Waals surface area contributed by atoms with Crippen LogP contribution in [-0.2, 0) is 11.3 Å². The minimum absolute atomic E-state index is 0. The van der Waals surface area contributed by atoms with Crippen molar-refractivity contribution in [3.05, 3.63) is 33.8 Å². The summed E-state index contributed by atoms with van der Waals surface area (Å²) in [4.78, 5) is 16.5. The van der Waals surface area contributed by atoms with Crippen LogP contribution in [0.1, 0.15) is 24.8 Å². The number of halogens is 3. The average Bonchev–Trinajstić information content (AvgIpc) is 2.57. The van der Waals surface area contributed by atoms with Gasteiger partial charge in [-0.25, -0.2) is 0 Å². The Morgan fingerprint density at radius 2 is 1.96 bits per heavy atom. The first kappa shape index (κ1) is 22.5. The highest BCUT2D eigenvalue weighted by atomic mass is 35.5. The molecule has 0 aromatic heterocycles. The van der Waals surface area contributed by atoms with E-state index in [2.05, 4.69) is 10.2 Å². The van der Waals surface area contributed by atoms with E-state index in [1.54, 1.807) is 11.0 Å². The van der Waals surface area contributed by atoms with Gasteiger partial charge in [0.1, 0.15) is 0 Å². The summed E-state index contributed by atoms with van der Waals surface area (Å²) in [6.45, 7) is 4.16. The lowest BCUT2D eigenvalue weighted by atomic mass is 9.93. The maximum Gasteiger partial charge on any atom is 0.236 e. The average molecular weight is 409 g/mol. The van der Waals surface area contributed by atoms with Gasteiger partial charge in [-0.05, 0) is 69.6 Å². The zero-order valence-corrected chi connectivity index (χ0v) is 17.3. The predicted octanol–water partition coefficient (Wildman–Crippen LogP) is 3.70. The fraction of sp³-hybridized carbons (Fsp3) is 0.611. The van der Waals surface area contributed by atoms with Gasteiger partial charge in [0.2, 0.25) is 5.91 Å². The number of hydrogen-bond donors (Lipinski definition) is 1. The Kier molecular flexibility index (Phi) is 10.1. The summed E-state index contributed by atoms with van der Waals surface area (Å²) in [5.41, 5.74) is 0.992. The van der Waals surface area contributed by atoms with E-state index >= 15 is 0 Å². The Morgan fingerprint density at radius 3 is 2.56 bits per heavy atom. The van der Waals surface area contributed by atoms with Gasteiger partial charge in [0.05, 0.1) is 16.6 Å². The summed E-state index contributed by atoms with van der Waals surface area (Å²) in [5, 5.41) is 4.28. The van der Waals surface area contributed by atoms with E-state index in [0.29, 0.717) is 23.1 Å². The SMILES string of the molecule is CNCCC1CCN(CC(=O)N(C)Cc2ccc(Cl)c(Cl)c2)CC1.Cl. The quantitative estimate of drug-likeness (QED) is 0.747. The van der Waals surface area contributed by atoms with Gasteiger partial charge in [-0.2, -0.15) is 0 Å². The van der Waals surface area contributed by atoms with Crippen LogP contribution in [-0.4, -0.2) is 56.0 Å². The minimum atomic E-state index is 0. The first-order valence-corrected chi connectivity index (χ1v) is 9.30. The molecule has 0 radical (unpaired) electrons. The smallest absolute Gasteiger partial charge is 0.236 e. The van der Waals surface area contributed by atoms with Gasteiger partial charge in [0.15, 0.2) is 0 Å². The van der Waals surface area contributed by atoms with Gasteiger partial charge in [0, 0.05) is 13.6 Å². The Morgan fingerprint density at radius 1 is 1.28 bits per heavy atom. The number of rotatable bonds is 7. The number of hydrogen-bond acceptors (Lipinski definition) is 3. The molecule has 1 fully saturated rings. The summed E-state index contributed by atoms with van der Waals surface area (Å²) in [5.74, 6) is 0.937. The normalized spacial score (nSPS) is 15.7.